The quantitative estimate of drug-likeness (QED) is 0.518. The minimum absolute atomic E-state index is 0.0462. The van der Waals surface area contributed by atoms with Crippen LogP contribution in [0.25, 0.3) is 11.1 Å². The lowest BCUT2D eigenvalue weighted by Crippen LogP contribution is -2.25. The lowest BCUT2D eigenvalue weighted by Gasteiger charge is -2.16. The van der Waals surface area contributed by atoms with E-state index < -0.39 is 16.7 Å². The molecular formula is C19H16N2O4. The predicted molar refractivity (Wildman–Crippen MR) is 93.0 cm³/mol. The minimum atomic E-state index is -0.668. The summed E-state index contributed by atoms with van der Waals surface area (Å²) < 4.78 is 4.95. The molecule has 126 valence electrons. The molecule has 0 aliphatic carbocycles. The Kier molecular flexibility index (Phi) is 4.61. The van der Waals surface area contributed by atoms with Gasteiger partial charge in [0.15, 0.2) is 5.76 Å². The maximum atomic E-state index is 12.3. The number of hydrogen-bond donors (Lipinski definition) is 0. The van der Waals surface area contributed by atoms with Gasteiger partial charge in [0.1, 0.15) is 4.92 Å². The van der Waals surface area contributed by atoms with Gasteiger partial charge in [-0.3, -0.25) is 14.9 Å². The lowest BCUT2D eigenvalue weighted by atomic mass is 10.0. The highest BCUT2D eigenvalue weighted by atomic mass is 16.6. The van der Waals surface area contributed by atoms with Gasteiger partial charge < -0.3 is 9.32 Å². The fourth-order valence-corrected chi connectivity index (χ4v) is 2.51. The van der Waals surface area contributed by atoms with Crippen LogP contribution in [0.15, 0.2) is 71.1 Å². The average Bonchev–Trinajstić information content (AvgIpc) is 3.13. The third-order valence-electron chi connectivity index (χ3n) is 3.81. The number of carbonyl (C=O) groups excluding carboxylic acids is 1. The highest BCUT2D eigenvalue weighted by molar-refractivity contribution is 5.91. The SMILES string of the molecule is CN(Cc1ccc(-c2ccccc2)cc1)C(=O)c1ccc([N+](=O)[O-])o1. The van der Waals surface area contributed by atoms with Crippen LogP contribution < -0.4 is 0 Å². The molecule has 1 heterocycles. The highest BCUT2D eigenvalue weighted by Crippen LogP contribution is 2.21. The zero-order valence-corrected chi connectivity index (χ0v) is 13.6. The van der Waals surface area contributed by atoms with Crippen LogP contribution in [0.3, 0.4) is 0 Å². The van der Waals surface area contributed by atoms with Crippen LogP contribution in [0.5, 0.6) is 0 Å². The van der Waals surface area contributed by atoms with E-state index in [0.29, 0.717) is 6.54 Å². The van der Waals surface area contributed by atoms with Crippen molar-refractivity contribution in [2.24, 2.45) is 0 Å². The number of hydrogen-bond acceptors (Lipinski definition) is 4. The van der Waals surface area contributed by atoms with Crippen molar-refractivity contribution in [1.82, 2.24) is 4.90 Å². The van der Waals surface area contributed by atoms with Crippen molar-refractivity contribution >= 4 is 11.8 Å². The molecule has 0 atom stereocenters. The van der Waals surface area contributed by atoms with Gasteiger partial charge in [-0.1, -0.05) is 54.6 Å². The summed E-state index contributed by atoms with van der Waals surface area (Å²) in [4.78, 5) is 23.7. The predicted octanol–water partition coefficient (Wildman–Crippen LogP) is 4.13. The second-order valence-electron chi connectivity index (χ2n) is 5.62. The van der Waals surface area contributed by atoms with E-state index in [1.807, 2.05) is 54.6 Å². The van der Waals surface area contributed by atoms with Crippen molar-refractivity contribution in [1.29, 1.82) is 0 Å². The van der Waals surface area contributed by atoms with Crippen LogP contribution in [-0.4, -0.2) is 22.8 Å². The van der Waals surface area contributed by atoms with E-state index in [4.69, 9.17) is 4.42 Å². The Hall–Kier alpha value is -3.41. The molecule has 1 amide bonds. The molecule has 0 fully saturated rings. The van der Waals surface area contributed by atoms with Gasteiger partial charge in [-0.05, 0) is 22.8 Å². The van der Waals surface area contributed by atoms with Crippen molar-refractivity contribution in [3.05, 3.63) is 88.2 Å². The van der Waals surface area contributed by atoms with Crippen molar-refractivity contribution in [3.63, 3.8) is 0 Å². The van der Waals surface area contributed by atoms with Gasteiger partial charge in [0.2, 0.25) is 0 Å². The van der Waals surface area contributed by atoms with Crippen LogP contribution >= 0.6 is 0 Å². The topological polar surface area (TPSA) is 76.6 Å². The smallest absolute Gasteiger partial charge is 0.395 e. The van der Waals surface area contributed by atoms with Crippen LogP contribution in [0.4, 0.5) is 5.88 Å². The van der Waals surface area contributed by atoms with Crippen LogP contribution in [0.2, 0.25) is 0 Å². The van der Waals surface area contributed by atoms with E-state index in [0.717, 1.165) is 16.7 Å². The van der Waals surface area contributed by atoms with Gasteiger partial charge in [0.05, 0.1) is 6.07 Å². The summed E-state index contributed by atoms with van der Waals surface area (Å²) >= 11 is 0. The van der Waals surface area contributed by atoms with Gasteiger partial charge in [-0.2, -0.15) is 0 Å². The average molecular weight is 336 g/mol. The number of nitrogens with zero attached hydrogens (tertiary/aromatic N) is 2. The Labute approximate surface area is 144 Å². The molecule has 0 aliphatic rings. The molecule has 0 radical (unpaired) electrons. The van der Waals surface area contributed by atoms with Crippen molar-refractivity contribution in [2.75, 3.05) is 7.05 Å². The first-order valence-electron chi connectivity index (χ1n) is 7.68. The summed E-state index contributed by atoms with van der Waals surface area (Å²) in [5.74, 6) is -0.890. The lowest BCUT2D eigenvalue weighted by molar-refractivity contribution is -0.402. The Bertz CT molecular complexity index is 885. The van der Waals surface area contributed by atoms with Crippen LogP contribution in [0.1, 0.15) is 16.1 Å². The Morgan fingerprint density at radius 1 is 1.00 bits per heavy atom. The Morgan fingerprint density at radius 2 is 1.64 bits per heavy atom. The van der Waals surface area contributed by atoms with Gasteiger partial charge in [-0.15, -0.1) is 0 Å². The molecular weight excluding hydrogens is 320 g/mol. The molecule has 6 nitrogen and oxygen atoms in total. The molecule has 0 spiro atoms. The molecule has 2 aromatic carbocycles. The van der Waals surface area contributed by atoms with Crippen LogP contribution in [0, 0.1) is 10.1 Å². The number of nitro groups is 1. The largest absolute Gasteiger partial charge is 0.433 e. The van der Waals surface area contributed by atoms with Gasteiger partial charge in [-0.25, -0.2) is 0 Å². The standard InChI is InChI=1S/C19H16N2O4/c1-20(19(22)17-11-12-18(25-17)21(23)24)13-14-7-9-16(10-8-14)15-5-3-2-4-6-15/h2-12H,13H2,1H3. The molecule has 0 saturated carbocycles. The number of amides is 1. The summed E-state index contributed by atoms with van der Waals surface area (Å²) in [6.45, 7) is 0.377. The normalized spacial score (nSPS) is 10.4. The zero-order chi connectivity index (χ0) is 17.8. The minimum Gasteiger partial charge on any atom is -0.395 e. The molecule has 0 N–H and O–H groups in total. The van der Waals surface area contributed by atoms with E-state index in [1.54, 1.807) is 7.05 Å². The molecule has 0 aliphatic heterocycles. The fourth-order valence-electron chi connectivity index (χ4n) is 2.51. The first kappa shape index (κ1) is 16.4. The van der Waals surface area contributed by atoms with Crippen molar-refractivity contribution < 1.29 is 14.1 Å². The van der Waals surface area contributed by atoms with E-state index in [1.165, 1.54) is 17.0 Å². The molecule has 6 heteroatoms. The zero-order valence-electron chi connectivity index (χ0n) is 13.6. The van der Waals surface area contributed by atoms with E-state index >= 15 is 0 Å². The summed E-state index contributed by atoms with van der Waals surface area (Å²) in [6, 6.07) is 20.4. The Balaban J connectivity index is 1.69. The Morgan fingerprint density at radius 3 is 2.24 bits per heavy atom. The summed E-state index contributed by atoms with van der Waals surface area (Å²) in [6.07, 6.45) is 0. The van der Waals surface area contributed by atoms with Crippen molar-refractivity contribution in [3.8, 4) is 11.1 Å². The summed E-state index contributed by atoms with van der Waals surface area (Å²) in [5, 5.41) is 10.6. The van der Waals surface area contributed by atoms with E-state index in [-0.39, 0.29) is 5.76 Å². The third kappa shape index (κ3) is 3.74. The molecule has 0 unspecified atom stereocenters. The van der Waals surface area contributed by atoms with E-state index in [2.05, 4.69) is 0 Å². The molecule has 25 heavy (non-hydrogen) atoms. The maximum absolute atomic E-state index is 12.3. The van der Waals surface area contributed by atoms with Crippen LogP contribution in [-0.2, 0) is 6.54 Å². The molecule has 0 saturated heterocycles. The maximum Gasteiger partial charge on any atom is 0.433 e. The number of furan rings is 1. The fraction of sp³-hybridized carbons (Fsp3) is 0.105. The van der Waals surface area contributed by atoms with Gasteiger partial charge >= 0.3 is 5.88 Å². The van der Waals surface area contributed by atoms with Crippen molar-refractivity contribution in [2.45, 2.75) is 6.54 Å². The van der Waals surface area contributed by atoms with E-state index in [9.17, 15) is 14.9 Å². The second kappa shape index (κ2) is 7.00. The molecule has 3 aromatic rings. The summed E-state index contributed by atoms with van der Waals surface area (Å²) in [5.41, 5.74) is 3.18. The first-order valence-corrected chi connectivity index (χ1v) is 7.68. The third-order valence-corrected chi connectivity index (χ3v) is 3.81. The monoisotopic (exact) mass is 336 g/mol. The highest BCUT2D eigenvalue weighted by Gasteiger charge is 2.20. The molecule has 1 aromatic heterocycles. The molecule has 0 bridgehead atoms. The second-order valence-corrected chi connectivity index (χ2v) is 5.62. The number of rotatable bonds is 5. The van der Waals surface area contributed by atoms with Gasteiger partial charge in [0, 0.05) is 13.6 Å². The number of benzene rings is 2. The van der Waals surface area contributed by atoms with Gasteiger partial charge in [0.25, 0.3) is 5.91 Å². The first-order chi connectivity index (χ1) is 12.0. The summed E-state index contributed by atoms with van der Waals surface area (Å²) in [7, 11) is 1.63. The number of carbonyl (C=O) groups is 1. The molecule has 3 rings (SSSR count).